The molecule has 2 aromatic carbocycles. The van der Waals surface area contributed by atoms with Crippen LogP contribution in [-0.4, -0.2) is 35.2 Å². The summed E-state index contributed by atoms with van der Waals surface area (Å²) < 4.78 is 10.8. The van der Waals surface area contributed by atoms with Gasteiger partial charge in [-0.3, -0.25) is 4.79 Å². The SMILES string of the molecule is CC(C)(C)OC(=O)NCCCCC(=O)Nc1ccc(OCc2ccccc2)c(C(=O)O)c1. The molecule has 3 N–H and O–H groups in total. The predicted octanol–water partition coefficient (Wildman–Crippen LogP) is 4.60. The van der Waals surface area contributed by atoms with Crippen molar-refractivity contribution in [2.45, 2.75) is 52.2 Å². The van der Waals surface area contributed by atoms with Crippen molar-refractivity contribution in [1.29, 1.82) is 0 Å². The second-order valence-electron chi connectivity index (χ2n) is 8.22. The van der Waals surface area contributed by atoms with E-state index < -0.39 is 17.7 Å². The molecule has 0 bridgehead atoms. The first-order chi connectivity index (χ1) is 15.1. The number of ether oxygens (including phenoxy) is 2. The number of unbranched alkanes of at least 4 members (excludes halogenated alkanes) is 1. The number of carboxylic acid groups (broad SMARTS) is 1. The number of carbonyl (C=O) groups is 3. The summed E-state index contributed by atoms with van der Waals surface area (Å²) in [7, 11) is 0. The summed E-state index contributed by atoms with van der Waals surface area (Å²) in [5.41, 5.74) is 0.718. The molecule has 0 radical (unpaired) electrons. The molecule has 0 aliphatic rings. The molecular formula is C24H30N2O6. The third-order valence-electron chi connectivity index (χ3n) is 4.23. The molecular weight excluding hydrogens is 412 g/mol. The van der Waals surface area contributed by atoms with E-state index in [-0.39, 0.29) is 30.2 Å². The van der Waals surface area contributed by atoms with Gasteiger partial charge in [0.2, 0.25) is 5.91 Å². The van der Waals surface area contributed by atoms with Gasteiger partial charge in [0, 0.05) is 18.7 Å². The Hall–Kier alpha value is -3.55. The third-order valence-corrected chi connectivity index (χ3v) is 4.23. The van der Waals surface area contributed by atoms with Crippen molar-refractivity contribution in [3.8, 4) is 5.75 Å². The molecule has 2 amide bonds. The second-order valence-corrected chi connectivity index (χ2v) is 8.22. The molecule has 2 rings (SSSR count). The van der Waals surface area contributed by atoms with Crippen LogP contribution >= 0.6 is 0 Å². The lowest BCUT2D eigenvalue weighted by atomic mass is 10.1. The second kappa shape index (κ2) is 11.7. The standard InChI is InChI=1S/C24H30N2O6/c1-24(2,3)32-23(30)25-14-8-7-11-21(27)26-18-12-13-20(19(15-18)22(28)29)31-16-17-9-5-4-6-10-17/h4-6,9-10,12-13,15H,7-8,11,14,16H2,1-3H3,(H,25,30)(H,26,27)(H,28,29). The Bertz CT molecular complexity index is 922. The molecule has 0 fully saturated rings. The van der Waals surface area contributed by atoms with Gasteiger partial charge in [-0.25, -0.2) is 9.59 Å². The van der Waals surface area contributed by atoms with Crippen LogP contribution in [0.25, 0.3) is 0 Å². The highest BCUT2D eigenvalue weighted by atomic mass is 16.6. The lowest BCUT2D eigenvalue weighted by Gasteiger charge is -2.19. The van der Waals surface area contributed by atoms with Crippen LogP contribution in [0.15, 0.2) is 48.5 Å². The summed E-state index contributed by atoms with van der Waals surface area (Å²) in [4.78, 5) is 35.4. The number of hydrogen-bond donors (Lipinski definition) is 3. The van der Waals surface area contributed by atoms with E-state index in [2.05, 4.69) is 10.6 Å². The maximum absolute atomic E-state index is 12.2. The van der Waals surface area contributed by atoms with Crippen molar-refractivity contribution in [2.75, 3.05) is 11.9 Å². The van der Waals surface area contributed by atoms with Crippen LogP contribution in [-0.2, 0) is 16.1 Å². The summed E-state index contributed by atoms with van der Waals surface area (Å²) in [5, 5.41) is 14.8. The molecule has 0 aromatic heterocycles. The molecule has 172 valence electrons. The molecule has 8 nitrogen and oxygen atoms in total. The van der Waals surface area contributed by atoms with Crippen LogP contribution < -0.4 is 15.4 Å². The Morgan fingerprint density at radius 1 is 1.00 bits per heavy atom. The summed E-state index contributed by atoms with van der Waals surface area (Å²) in [5.74, 6) is -1.15. The van der Waals surface area contributed by atoms with Crippen molar-refractivity contribution in [1.82, 2.24) is 5.32 Å². The fraction of sp³-hybridized carbons (Fsp3) is 0.375. The normalized spacial score (nSPS) is 10.8. The van der Waals surface area contributed by atoms with Gasteiger partial charge >= 0.3 is 12.1 Å². The average Bonchev–Trinajstić information content (AvgIpc) is 2.72. The number of amides is 2. The van der Waals surface area contributed by atoms with Gasteiger partial charge in [-0.2, -0.15) is 0 Å². The molecule has 0 saturated carbocycles. The molecule has 8 heteroatoms. The van der Waals surface area contributed by atoms with Crippen molar-refractivity contribution in [2.24, 2.45) is 0 Å². The molecule has 0 atom stereocenters. The van der Waals surface area contributed by atoms with Gasteiger partial charge in [0.1, 0.15) is 23.5 Å². The minimum atomic E-state index is -1.14. The van der Waals surface area contributed by atoms with Gasteiger partial charge in [0.25, 0.3) is 0 Å². The zero-order valence-electron chi connectivity index (χ0n) is 18.6. The first-order valence-electron chi connectivity index (χ1n) is 10.4. The average molecular weight is 443 g/mol. The number of aromatic carboxylic acids is 1. The maximum atomic E-state index is 12.2. The fourth-order valence-corrected chi connectivity index (χ4v) is 2.77. The van der Waals surface area contributed by atoms with Crippen LogP contribution in [0.3, 0.4) is 0 Å². The quantitative estimate of drug-likeness (QED) is 0.464. The first-order valence-corrected chi connectivity index (χ1v) is 10.4. The van der Waals surface area contributed by atoms with Crippen LogP contribution in [0.2, 0.25) is 0 Å². The lowest BCUT2D eigenvalue weighted by Crippen LogP contribution is -2.33. The van der Waals surface area contributed by atoms with Gasteiger partial charge in [0.05, 0.1) is 0 Å². The summed E-state index contributed by atoms with van der Waals surface area (Å²) in [6, 6.07) is 13.9. The van der Waals surface area contributed by atoms with Crippen LogP contribution in [0.4, 0.5) is 10.5 Å². The van der Waals surface area contributed by atoms with Gasteiger partial charge in [-0.1, -0.05) is 30.3 Å². The van der Waals surface area contributed by atoms with Crippen molar-refractivity contribution < 1.29 is 29.0 Å². The Morgan fingerprint density at radius 3 is 2.38 bits per heavy atom. The number of carboxylic acids is 1. The number of nitrogens with one attached hydrogen (secondary N) is 2. The highest BCUT2D eigenvalue weighted by Gasteiger charge is 2.16. The van der Waals surface area contributed by atoms with Crippen LogP contribution in [0.5, 0.6) is 5.75 Å². The molecule has 0 aliphatic carbocycles. The smallest absolute Gasteiger partial charge is 0.407 e. The van der Waals surface area contributed by atoms with E-state index in [1.54, 1.807) is 26.8 Å². The minimum absolute atomic E-state index is 0.0275. The van der Waals surface area contributed by atoms with E-state index in [4.69, 9.17) is 9.47 Å². The molecule has 0 saturated heterocycles. The number of benzene rings is 2. The summed E-state index contributed by atoms with van der Waals surface area (Å²) >= 11 is 0. The molecule has 0 aliphatic heterocycles. The van der Waals surface area contributed by atoms with Gasteiger partial charge in [-0.15, -0.1) is 0 Å². The van der Waals surface area contributed by atoms with E-state index in [1.807, 2.05) is 30.3 Å². The summed E-state index contributed by atoms with van der Waals surface area (Å²) in [6.07, 6.45) is 0.924. The zero-order chi connectivity index (χ0) is 23.6. The number of carbonyl (C=O) groups excluding carboxylic acids is 2. The maximum Gasteiger partial charge on any atom is 0.407 e. The lowest BCUT2D eigenvalue weighted by molar-refractivity contribution is -0.116. The number of rotatable bonds is 10. The zero-order valence-corrected chi connectivity index (χ0v) is 18.6. The highest BCUT2D eigenvalue weighted by molar-refractivity contribution is 5.95. The minimum Gasteiger partial charge on any atom is -0.488 e. The van der Waals surface area contributed by atoms with Crippen molar-refractivity contribution >= 4 is 23.7 Å². The topological polar surface area (TPSA) is 114 Å². The van der Waals surface area contributed by atoms with Gasteiger partial charge in [0.15, 0.2) is 0 Å². The highest BCUT2D eigenvalue weighted by Crippen LogP contribution is 2.24. The number of anilines is 1. The summed E-state index contributed by atoms with van der Waals surface area (Å²) in [6.45, 7) is 6.00. The van der Waals surface area contributed by atoms with Crippen molar-refractivity contribution in [3.05, 3.63) is 59.7 Å². The van der Waals surface area contributed by atoms with E-state index >= 15 is 0 Å². The Labute approximate surface area is 187 Å². The third kappa shape index (κ3) is 9.07. The van der Waals surface area contributed by atoms with Gasteiger partial charge < -0.3 is 25.2 Å². The number of alkyl carbamates (subject to hydrolysis) is 1. The first kappa shape index (κ1) is 24.7. The number of hydrogen-bond acceptors (Lipinski definition) is 5. The van der Waals surface area contributed by atoms with Crippen LogP contribution in [0.1, 0.15) is 56.0 Å². The Morgan fingerprint density at radius 2 is 1.72 bits per heavy atom. The van der Waals surface area contributed by atoms with Crippen molar-refractivity contribution in [3.63, 3.8) is 0 Å². The Balaban J connectivity index is 1.80. The monoisotopic (exact) mass is 442 g/mol. The predicted molar refractivity (Wildman–Crippen MR) is 121 cm³/mol. The van der Waals surface area contributed by atoms with E-state index in [0.29, 0.717) is 25.1 Å². The molecule has 0 spiro atoms. The molecule has 2 aromatic rings. The molecule has 0 unspecified atom stereocenters. The van der Waals surface area contributed by atoms with Crippen LogP contribution in [0, 0.1) is 0 Å². The van der Waals surface area contributed by atoms with Gasteiger partial charge in [-0.05, 0) is 57.4 Å². The van der Waals surface area contributed by atoms with E-state index in [9.17, 15) is 19.5 Å². The van der Waals surface area contributed by atoms with E-state index in [1.165, 1.54) is 12.1 Å². The fourth-order valence-electron chi connectivity index (χ4n) is 2.77. The Kier molecular flexibility index (Phi) is 9.07. The van der Waals surface area contributed by atoms with E-state index in [0.717, 1.165) is 5.56 Å². The molecule has 0 heterocycles. The largest absolute Gasteiger partial charge is 0.488 e. The molecule has 32 heavy (non-hydrogen) atoms.